The van der Waals surface area contributed by atoms with Gasteiger partial charge in [0, 0.05) is 18.3 Å². The minimum Gasteiger partial charge on any atom is -0.481 e. The molecule has 1 aromatic carbocycles. The Morgan fingerprint density at radius 2 is 2.00 bits per heavy atom. The molecule has 0 spiro atoms. The Balaban J connectivity index is 2.18. The lowest BCUT2D eigenvalue weighted by Crippen LogP contribution is -2.32. The van der Waals surface area contributed by atoms with Crippen LogP contribution in [0.1, 0.15) is 18.9 Å². The number of rotatable bonds is 2. The highest BCUT2D eigenvalue weighted by Gasteiger charge is 2.35. The third kappa shape index (κ3) is 1.90. The smallest absolute Gasteiger partial charge is 0.308 e. The number of benzene rings is 1. The molecule has 2 rings (SSSR count). The van der Waals surface area contributed by atoms with Crippen LogP contribution in [0.25, 0.3) is 0 Å². The third-order valence-corrected chi connectivity index (χ3v) is 3.44. The first kappa shape index (κ1) is 11.0. The Morgan fingerprint density at radius 3 is 2.50 bits per heavy atom. The van der Waals surface area contributed by atoms with E-state index < -0.39 is 5.97 Å². The van der Waals surface area contributed by atoms with Crippen LogP contribution in [0.5, 0.6) is 0 Å². The van der Waals surface area contributed by atoms with E-state index in [2.05, 4.69) is 36.1 Å². The maximum atomic E-state index is 11.0. The Hall–Kier alpha value is -1.51. The minimum absolute atomic E-state index is 0.0835. The zero-order valence-electron chi connectivity index (χ0n) is 9.68. The summed E-state index contributed by atoms with van der Waals surface area (Å²) in [4.78, 5) is 13.2. The second-order valence-corrected chi connectivity index (χ2v) is 4.50. The minimum atomic E-state index is -0.679. The highest BCUT2D eigenvalue weighted by atomic mass is 16.4. The number of aliphatic carboxylic acids is 1. The normalized spacial score (nSPS) is 24.8. The molecule has 0 radical (unpaired) electrons. The number of carboxylic acid groups (broad SMARTS) is 1. The van der Waals surface area contributed by atoms with Crippen LogP contribution in [0.4, 0.5) is 5.69 Å². The molecule has 0 aliphatic carbocycles. The fourth-order valence-corrected chi connectivity index (χ4v) is 2.37. The molecule has 1 aliphatic rings. The Bertz CT molecular complexity index is 385. The van der Waals surface area contributed by atoms with E-state index in [1.54, 1.807) is 0 Å². The molecule has 2 atom stereocenters. The van der Waals surface area contributed by atoms with E-state index in [0.717, 1.165) is 18.7 Å². The molecule has 3 nitrogen and oxygen atoms in total. The summed E-state index contributed by atoms with van der Waals surface area (Å²) >= 11 is 0. The molecule has 1 saturated heterocycles. The van der Waals surface area contributed by atoms with Crippen LogP contribution >= 0.6 is 0 Å². The highest BCUT2D eigenvalue weighted by molar-refractivity contribution is 5.73. The number of carbonyl (C=O) groups is 1. The molecule has 86 valence electrons. The first-order valence-corrected chi connectivity index (χ1v) is 5.65. The van der Waals surface area contributed by atoms with Crippen LogP contribution in [-0.4, -0.2) is 23.7 Å². The van der Waals surface area contributed by atoms with Gasteiger partial charge in [0.15, 0.2) is 0 Å². The van der Waals surface area contributed by atoms with E-state index in [-0.39, 0.29) is 12.0 Å². The molecule has 3 heteroatoms. The van der Waals surface area contributed by atoms with Crippen molar-refractivity contribution in [1.82, 2.24) is 0 Å². The monoisotopic (exact) mass is 219 g/mol. The molecule has 1 aromatic rings. The van der Waals surface area contributed by atoms with E-state index in [9.17, 15) is 4.79 Å². The Labute approximate surface area is 95.7 Å². The molecule has 2 unspecified atom stereocenters. The van der Waals surface area contributed by atoms with Crippen LogP contribution in [0.2, 0.25) is 0 Å². The van der Waals surface area contributed by atoms with Gasteiger partial charge in [0.05, 0.1) is 5.92 Å². The maximum Gasteiger partial charge on any atom is 0.308 e. The number of hydrogen-bond acceptors (Lipinski definition) is 2. The Kier molecular flexibility index (Phi) is 2.86. The lowest BCUT2D eigenvalue weighted by molar-refractivity contribution is -0.141. The van der Waals surface area contributed by atoms with Gasteiger partial charge in [-0.3, -0.25) is 4.79 Å². The second-order valence-electron chi connectivity index (χ2n) is 4.50. The van der Waals surface area contributed by atoms with Gasteiger partial charge in [-0.15, -0.1) is 0 Å². The van der Waals surface area contributed by atoms with Crippen molar-refractivity contribution >= 4 is 11.7 Å². The van der Waals surface area contributed by atoms with Crippen molar-refractivity contribution in [2.45, 2.75) is 26.3 Å². The fraction of sp³-hybridized carbons (Fsp3) is 0.462. The Morgan fingerprint density at radius 1 is 1.38 bits per heavy atom. The quantitative estimate of drug-likeness (QED) is 0.829. The summed E-state index contributed by atoms with van der Waals surface area (Å²) in [6.45, 7) is 4.88. The molecular weight excluding hydrogens is 202 g/mol. The van der Waals surface area contributed by atoms with Gasteiger partial charge in [0.2, 0.25) is 0 Å². The third-order valence-electron chi connectivity index (χ3n) is 3.44. The van der Waals surface area contributed by atoms with Gasteiger partial charge in [0.25, 0.3) is 0 Å². The molecule has 0 saturated carbocycles. The topological polar surface area (TPSA) is 40.5 Å². The summed E-state index contributed by atoms with van der Waals surface area (Å²) in [5.41, 5.74) is 2.35. The SMILES string of the molecule is Cc1ccc(N2CCC(C(=O)O)C2C)cc1. The van der Waals surface area contributed by atoms with Gasteiger partial charge in [-0.2, -0.15) is 0 Å². The largest absolute Gasteiger partial charge is 0.481 e. The van der Waals surface area contributed by atoms with Crippen molar-refractivity contribution < 1.29 is 9.90 Å². The van der Waals surface area contributed by atoms with Crippen molar-refractivity contribution in [2.24, 2.45) is 5.92 Å². The van der Waals surface area contributed by atoms with Crippen molar-refractivity contribution in [3.8, 4) is 0 Å². The molecule has 16 heavy (non-hydrogen) atoms. The predicted molar refractivity (Wildman–Crippen MR) is 63.7 cm³/mol. The standard InChI is InChI=1S/C13H17NO2/c1-9-3-5-11(6-4-9)14-8-7-12(10(14)2)13(15)16/h3-6,10,12H,7-8H2,1-2H3,(H,15,16). The average Bonchev–Trinajstić information content (AvgIpc) is 2.61. The van der Waals surface area contributed by atoms with Crippen molar-refractivity contribution in [1.29, 1.82) is 0 Å². The van der Waals surface area contributed by atoms with E-state index in [0.29, 0.717) is 0 Å². The maximum absolute atomic E-state index is 11.0. The highest BCUT2D eigenvalue weighted by Crippen LogP contribution is 2.29. The van der Waals surface area contributed by atoms with Crippen LogP contribution in [-0.2, 0) is 4.79 Å². The average molecular weight is 219 g/mol. The van der Waals surface area contributed by atoms with Gasteiger partial charge in [0.1, 0.15) is 0 Å². The fourth-order valence-electron chi connectivity index (χ4n) is 2.37. The first-order chi connectivity index (χ1) is 7.59. The lowest BCUT2D eigenvalue weighted by Gasteiger charge is -2.25. The molecule has 0 bridgehead atoms. The van der Waals surface area contributed by atoms with Crippen LogP contribution < -0.4 is 4.90 Å². The summed E-state index contributed by atoms with van der Waals surface area (Å²) in [6.07, 6.45) is 0.740. The molecule has 0 amide bonds. The number of hydrogen-bond donors (Lipinski definition) is 1. The van der Waals surface area contributed by atoms with Crippen LogP contribution in [0.15, 0.2) is 24.3 Å². The molecule has 1 aliphatic heterocycles. The molecular formula is C13H17NO2. The van der Waals surface area contributed by atoms with Crippen molar-refractivity contribution in [3.63, 3.8) is 0 Å². The zero-order valence-corrected chi connectivity index (χ0v) is 9.68. The number of anilines is 1. The van der Waals surface area contributed by atoms with E-state index in [1.165, 1.54) is 5.56 Å². The van der Waals surface area contributed by atoms with Crippen molar-refractivity contribution in [2.75, 3.05) is 11.4 Å². The second kappa shape index (κ2) is 4.16. The summed E-state index contributed by atoms with van der Waals surface area (Å²) in [6, 6.07) is 8.35. The molecule has 1 heterocycles. The summed E-state index contributed by atoms with van der Waals surface area (Å²) in [5.74, 6) is -0.914. The van der Waals surface area contributed by atoms with E-state index >= 15 is 0 Å². The summed E-state index contributed by atoms with van der Waals surface area (Å²) in [7, 11) is 0. The summed E-state index contributed by atoms with van der Waals surface area (Å²) < 4.78 is 0. The zero-order chi connectivity index (χ0) is 11.7. The van der Waals surface area contributed by atoms with Gasteiger partial charge < -0.3 is 10.0 Å². The first-order valence-electron chi connectivity index (χ1n) is 5.65. The predicted octanol–water partition coefficient (Wildman–Crippen LogP) is 2.29. The lowest BCUT2D eigenvalue weighted by atomic mass is 10.0. The molecule has 0 aromatic heterocycles. The molecule has 1 N–H and O–H groups in total. The number of aryl methyl sites for hydroxylation is 1. The number of carboxylic acids is 1. The number of nitrogens with zero attached hydrogens (tertiary/aromatic N) is 1. The summed E-state index contributed by atoms with van der Waals surface area (Å²) in [5, 5.41) is 9.07. The van der Waals surface area contributed by atoms with Crippen LogP contribution in [0.3, 0.4) is 0 Å². The van der Waals surface area contributed by atoms with E-state index in [1.807, 2.05) is 6.92 Å². The van der Waals surface area contributed by atoms with Gasteiger partial charge in [-0.05, 0) is 32.4 Å². The van der Waals surface area contributed by atoms with E-state index in [4.69, 9.17) is 5.11 Å². The van der Waals surface area contributed by atoms with Gasteiger partial charge >= 0.3 is 5.97 Å². The van der Waals surface area contributed by atoms with Gasteiger partial charge in [-0.1, -0.05) is 17.7 Å². The van der Waals surface area contributed by atoms with Crippen molar-refractivity contribution in [3.05, 3.63) is 29.8 Å². The molecule has 1 fully saturated rings. The van der Waals surface area contributed by atoms with Gasteiger partial charge in [-0.25, -0.2) is 0 Å². The van der Waals surface area contributed by atoms with Crippen LogP contribution in [0, 0.1) is 12.8 Å².